The second-order valence-electron chi connectivity index (χ2n) is 5.75. The van der Waals surface area contributed by atoms with Gasteiger partial charge in [0.05, 0.1) is 36.6 Å². The molecule has 1 heterocycles. The molecule has 0 aliphatic carbocycles. The van der Waals surface area contributed by atoms with Gasteiger partial charge in [0.15, 0.2) is 0 Å². The molecule has 6 nitrogen and oxygen atoms in total. The van der Waals surface area contributed by atoms with Gasteiger partial charge in [-0.05, 0) is 25.1 Å². The van der Waals surface area contributed by atoms with E-state index in [1.807, 2.05) is 6.92 Å². The van der Waals surface area contributed by atoms with E-state index < -0.39 is 21.8 Å². The summed E-state index contributed by atoms with van der Waals surface area (Å²) in [5.41, 5.74) is 0.143. The van der Waals surface area contributed by atoms with Crippen LogP contribution in [0.5, 0.6) is 0 Å². The largest absolute Gasteiger partial charge is 0.377 e. The van der Waals surface area contributed by atoms with Crippen LogP contribution in [0.4, 0.5) is 10.1 Å². The van der Waals surface area contributed by atoms with Gasteiger partial charge >= 0.3 is 0 Å². The summed E-state index contributed by atoms with van der Waals surface area (Å²) in [5, 5.41) is 0. The molecule has 1 N–H and O–H groups in total. The van der Waals surface area contributed by atoms with Gasteiger partial charge in [-0.3, -0.25) is 9.52 Å². The van der Waals surface area contributed by atoms with Gasteiger partial charge in [-0.1, -0.05) is 13.0 Å². The van der Waals surface area contributed by atoms with Gasteiger partial charge < -0.3 is 9.64 Å². The predicted octanol–water partition coefficient (Wildman–Crippen LogP) is 1.45. The van der Waals surface area contributed by atoms with Crippen molar-refractivity contribution in [2.75, 3.05) is 30.2 Å². The van der Waals surface area contributed by atoms with Gasteiger partial charge in [0.25, 0.3) is 0 Å². The fourth-order valence-corrected chi connectivity index (χ4v) is 3.88. The van der Waals surface area contributed by atoms with E-state index in [0.29, 0.717) is 19.8 Å². The first-order valence-corrected chi connectivity index (χ1v) is 9.08. The number of amides is 1. The number of halogens is 1. The van der Waals surface area contributed by atoms with E-state index in [9.17, 15) is 17.6 Å². The van der Waals surface area contributed by atoms with Gasteiger partial charge in [0.2, 0.25) is 15.9 Å². The van der Waals surface area contributed by atoms with Crippen molar-refractivity contribution in [2.24, 2.45) is 5.92 Å². The van der Waals surface area contributed by atoms with E-state index >= 15 is 0 Å². The molecule has 1 aromatic rings. The summed E-state index contributed by atoms with van der Waals surface area (Å²) in [4.78, 5) is 14.1. The quantitative estimate of drug-likeness (QED) is 0.877. The Morgan fingerprint density at radius 3 is 2.91 bits per heavy atom. The number of nitrogens with one attached hydrogen (secondary N) is 1. The predicted molar refractivity (Wildman–Crippen MR) is 85.0 cm³/mol. The SMILES string of the molecule is CC(CS(=O)(=O)Nc1cccc(F)c1)C(=O)N1CCOCC1C. The molecule has 1 aliphatic rings. The maximum absolute atomic E-state index is 13.1. The smallest absolute Gasteiger partial charge is 0.233 e. The molecule has 0 spiro atoms. The van der Waals surface area contributed by atoms with Crippen molar-refractivity contribution in [1.82, 2.24) is 4.90 Å². The third-order valence-electron chi connectivity index (χ3n) is 3.64. The van der Waals surface area contributed by atoms with Crippen LogP contribution >= 0.6 is 0 Å². The van der Waals surface area contributed by atoms with Crippen LogP contribution in [0, 0.1) is 11.7 Å². The highest BCUT2D eigenvalue weighted by atomic mass is 32.2. The van der Waals surface area contributed by atoms with Crippen LogP contribution in [0.2, 0.25) is 0 Å². The highest BCUT2D eigenvalue weighted by Gasteiger charge is 2.30. The van der Waals surface area contributed by atoms with Gasteiger partial charge in [0.1, 0.15) is 5.82 Å². The van der Waals surface area contributed by atoms with Crippen LogP contribution in [0.25, 0.3) is 0 Å². The molecule has 1 amide bonds. The molecule has 0 bridgehead atoms. The third-order valence-corrected chi connectivity index (χ3v) is 5.13. The highest BCUT2D eigenvalue weighted by molar-refractivity contribution is 7.92. The van der Waals surface area contributed by atoms with Crippen LogP contribution < -0.4 is 4.72 Å². The lowest BCUT2D eigenvalue weighted by Crippen LogP contribution is -2.50. The number of hydrogen-bond acceptors (Lipinski definition) is 4. The van der Waals surface area contributed by atoms with E-state index in [-0.39, 0.29) is 23.4 Å². The van der Waals surface area contributed by atoms with Crippen molar-refractivity contribution >= 4 is 21.6 Å². The van der Waals surface area contributed by atoms with Crippen molar-refractivity contribution in [3.8, 4) is 0 Å². The normalized spacial score (nSPS) is 20.1. The van der Waals surface area contributed by atoms with Crippen molar-refractivity contribution in [3.63, 3.8) is 0 Å². The number of carbonyl (C=O) groups is 1. The number of anilines is 1. The minimum atomic E-state index is -3.75. The number of hydrogen-bond donors (Lipinski definition) is 1. The van der Waals surface area contributed by atoms with Gasteiger partial charge in [-0.15, -0.1) is 0 Å². The zero-order chi connectivity index (χ0) is 17.0. The molecule has 0 saturated carbocycles. The molecule has 128 valence electrons. The van der Waals surface area contributed by atoms with E-state index in [1.54, 1.807) is 11.8 Å². The zero-order valence-corrected chi connectivity index (χ0v) is 14.0. The van der Waals surface area contributed by atoms with Crippen molar-refractivity contribution in [1.29, 1.82) is 0 Å². The fourth-order valence-electron chi connectivity index (χ4n) is 2.51. The summed E-state index contributed by atoms with van der Waals surface area (Å²) in [6.07, 6.45) is 0. The van der Waals surface area contributed by atoms with Crippen LogP contribution in [-0.2, 0) is 19.6 Å². The Labute approximate surface area is 135 Å². The topological polar surface area (TPSA) is 75.7 Å². The fraction of sp³-hybridized carbons (Fsp3) is 0.533. The molecule has 0 aromatic heterocycles. The molecular formula is C15H21FN2O4S. The lowest BCUT2D eigenvalue weighted by atomic mass is 10.1. The van der Waals surface area contributed by atoms with Gasteiger partial charge in [-0.2, -0.15) is 0 Å². The van der Waals surface area contributed by atoms with Gasteiger partial charge in [0, 0.05) is 6.54 Å². The number of nitrogens with zero attached hydrogens (tertiary/aromatic N) is 1. The average Bonchev–Trinajstić information content (AvgIpc) is 2.46. The maximum atomic E-state index is 13.1. The van der Waals surface area contributed by atoms with Crippen LogP contribution in [0.15, 0.2) is 24.3 Å². The van der Waals surface area contributed by atoms with Gasteiger partial charge in [-0.25, -0.2) is 12.8 Å². The first kappa shape index (κ1) is 17.7. The number of benzene rings is 1. The number of carbonyl (C=O) groups excluding carboxylic acids is 1. The Kier molecular flexibility index (Phi) is 5.59. The standard InChI is InChI=1S/C15H21FN2O4S/c1-11(15(19)18-6-7-22-9-12(18)2)10-23(20,21)17-14-5-3-4-13(16)8-14/h3-5,8,11-12,17H,6-7,9-10H2,1-2H3. The minimum Gasteiger partial charge on any atom is -0.377 e. The Morgan fingerprint density at radius 2 is 2.26 bits per heavy atom. The number of morpholine rings is 1. The molecule has 2 rings (SSSR count). The maximum Gasteiger partial charge on any atom is 0.233 e. The van der Waals surface area contributed by atoms with Crippen LogP contribution in [-0.4, -0.2) is 50.8 Å². The summed E-state index contributed by atoms with van der Waals surface area (Å²) in [6, 6.07) is 5.12. The van der Waals surface area contributed by atoms with E-state index in [4.69, 9.17) is 4.74 Å². The Morgan fingerprint density at radius 1 is 1.52 bits per heavy atom. The first-order valence-electron chi connectivity index (χ1n) is 7.43. The molecule has 8 heteroatoms. The van der Waals surface area contributed by atoms with Crippen LogP contribution in [0.1, 0.15) is 13.8 Å². The summed E-state index contributed by atoms with van der Waals surface area (Å²) >= 11 is 0. The molecule has 1 aliphatic heterocycles. The van der Waals surface area contributed by atoms with Crippen LogP contribution in [0.3, 0.4) is 0 Å². The van der Waals surface area contributed by atoms with E-state index in [1.165, 1.54) is 18.2 Å². The monoisotopic (exact) mass is 344 g/mol. The lowest BCUT2D eigenvalue weighted by Gasteiger charge is -2.35. The number of sulfonamides is 1. The van der Waals surface area contributed by atoms with E-state index in [0.717, 1.165) is 6.07 Å². The molecule has 23 heavy (non-hydrogen) atoms. The third kappa shape index (κ3) is 4.90. The average molecular weight is 344 g/mol. The van der Waals surface area contributed by atoms with Crippen molar-refractivity contribution in [3.05, 3.63) is 30.1 Å². The summed E-state index contributed by atoms with van der Waals surface area (Å²) in [5.74, 6) is -1.80. The summed E-state index contributed by atoms with van der Waals surface area (Å²) in [6.45, 7) is 4.81. The molecule has 0 radical (unpaired) electrons. The Hall–Kier alpha value is -1.67. The van der Waals surface area contributed by atoms with E-state index in [2.05, 4.69) is 4.72 Å². The van der Waals surface area contributed by atoms with Crippen molar-refractivity contribution < 1.29 is 22.3 Å². The molecule has 1 saturated heterocycles. The minimum absolute atomic E-state index is 0.0717. The Bertz CT molecular complexity index is 665. The molecule has 1 fully saturated rings. The molecular weight excluding hydrogens is 323 g/mol. The number of rotatable bonds is 5. The second kappa shape index (κ2) is 7.27. The summed E-state index contributed by atoms with van der Waals surface area (Å²) < 4.78 is 45.0. The second-order valence-corrected chi connectivity index (χ2v) is 7.52. The lowest BCUT2D eigenvalue weighted by molar-refractivity contribution is -0.142. The zero-order valence-electron chi connectivity index (χ0n) is 13.2. The molecule has 2 atom stereocenters. The highest BCUT2D eigenvalue weighted by Crippen LogP contribution is 2.16. The first-order chi connectivity index (χ1) is 10.8. The number of ether oxygens (including phenoxy) is 1. The Balaban J connectivity index is 2.00. The summed E-state index contributed by atoms with van der Waals surface area (Å²) in [7, 11) is -3.75. The molecule has 1 aromatic carbocycles. The molecule has 2 unspecified atom stereocenters. The van der Waals surface area contributed by atoms with Crippen molar-refractivity contribution in [2.45, 2.75) is 19.9 Å².